The Bertz CT molecular complexity index is 549. The van der Waals surface area contributed by atoms with Gasteiger partial charge in [-0.3, -0.25) is 10.1 Å². The molecule has 21 heavy (non-hydrogen) atoms. The van der Waals surface area contributed by atoms with Gasteiger partial charge >= 0.3 is 12.0 Å². The van der Waals surface area contributed by atoms with Gasteiger partial charge in [-0.15, -0.1) is 11.3 Å². The van der Waals surface area contributed by atoms with Gasteiger partial charge in [0.1, 0.15) is 5.00 Å². The molecule has 0 saturated heterocycles. The number of anilines is 1. The number of hydrogen-bond acceptors (Lipinski definition) is 4. The Kier molecular flexibility index (Phi) is 4.79. The van der Waals surface area contributed by atoms with Gasteiger partial charge in [0, 0.05) is 12.0 Å². The average molecular weight is 311 g/mol. The van der Waals surface area contributed by atoms with Crippen LogP contribution in [0.4, 0.5) is 9.80 Å². The number of carbonyl (C=O) groups is 3. The number of nitrogens with one attached hydrogen (secondary N) is 2. The van der Waals surface area contributed by atoms with Crippen LogP contribution in [0.2, 0.25) is 0 Å². The number of carboxylic acids is 1. The van der Waals surface area contributed by atoms with Crippen LogP contribution in [0.15, 0.2) is 11.4 Å². The zero-order chi connectivity index (χ0) is 15.4. The van der Waals surface area contributed by atoms with Gasteiger partial charge in [0.25, 0.3) is 0 Å². The number of amides is 3. The molecule has 0 radical (unpaired) electrons. The first-order valence-corrected chi connectivity index (χ1v) is 7.53. The van der Waals surface area contributed by atoms with Gasteiger partial charge in [0.2, 0.25) is 5.91 Å². The van der Waals surface area contributed by atoms with Gasteiger partial charge < -0.3 is 16.2 Å². The fourth-order valence-electron chi connectivity index (χ4n) is 2.42. The lowest BCUT2D eigenvalue weighted by Gasteiger charge is -2.27. The highest BCUT2D eigenvalue weighted by molar-refractivity contribution is 7.14. The Hall–Kier alpha value is -2.09. The lowest BCUT2D eigenvalue weighted by molar-refractivity contribution is -0.122. The number of primary amides is 1. The second-order valence-electron chi connectivity index (χ2n) is 5.02. The summed E-state index contributed by atoms with van der Waals surface area (Å²) in [6.45, 7) is 0. The zero-order valence-electron chi connectivity index (χ0n) is 11.3. The molecular formula is C13H17N3O4S. The molecule has 1 aliphatic carbocycles. The molecule has 1 aromatic rings. The number of urea groups is 1. The van der Waals surface area contributed by atoms with Crippen molar-refractivity contribution in [3.63, 3.8) is 0 Å². The van der Waals surface area contributed by atoms with Gasteiger partial charge in [-0.05, 0) is 37.1 Å². The highest BCUT2D eigenvalue weighted by atomic mass is 32.1. The first-order valence-electron chi connectivity index (χ1n) is 6.65. The number of carboxylic acid groups (broad SMARTS) is 1. The molecule has 0 atom stereocenters. The van der Waals surface area contributed by atoms with E-state index >= 15 is 0 Å². The predicted octanol–water partition coefficient (Wildman–Crippen LogP) is 1.61. The summed E-state index contributed by atoms with van der Waals surface area (Å²) in [5.74, 6) is -1.47. The molecular weight excluding hydrogens is 294 g/mol. The first kappa shape index (κ1) is 15.3. The molecule has 0 aliphatic heterocycles. The summed E-state index contributed by atoms with van der Waals surface area (Å²) in [7, 11) is 0. The third-order valence-corrected chi connectivity index (χ3v) is 4.42. The SMILES string of the molecule is NC(=O)C1CCC(NC(=O)Nc2sccc2C(=O)O)CC1. The van der Waals surface area contributed by atoms with Crippen molar-refractivity contribution in [1.29, 1.82) is 0 Å². The number of hydrogen-bond donors (Lipinski definition) is 4. The van der Waals surface area contributed by atoms with E-state index in [0.717, 1.165) is 11.3 Å². The van der Waals surface area contributed by atoms with E-state index in [1.807, 2.05) is 0 Å². The molecule has 1 saturated carbocycles. The molecule has 0 spiro atoms. The van der Waals surface area contributed by atoms with Crippen LogP contribution in [0.3, 0.4) is 0 Å². The van der Waals surface area contributed by atoms with Gasteiger partial charge in [-0.25, -0.2) is 9.59 Å². The normalized spacial score (nSPS) is 21.5. The molecule has 3 amide bonds. The van der Waals surface area contributed by atoms with Crippen LogP contribution in [0, 0.1) is 5.92 Å². The van der Waals surface area contributed by atoms with Crippen LogP contribution < -0.4 is 16.4 Å². The van der Waals surface area contributed by atoms with E-state index in [0.29, 0.717) is 30.7 Å². The van der Waals surface area contributed by atoms with Gasteiger partial charge in [0.15, 0.2) is 0 Å². The van der Waals surface area contributed by atoms with Crippen molar-refractivity contribution >= 4 is 34.2 Å². The Balaban J connectivity index is 1.84. The summed E-state index contributed by atoms with van der Waals surface area (Å²) in [6.07, 6.45) is 2.72. The van der Waals surface area contributed by atoms with Gasteiger partial charge in [-0.1, -0.05) is 0 Å². The topological polar surface area (TPSA) is 122 Å². The van der Waals surface area contributed by atoms with E-state index < -0.39 is 12.0 Å². The van der Waals surface area contributed by atoms with Crippen molar-refractivity contribution in [1.82, 2.24) is 5.32 Å². The second-order valence-corrected chi connectivity index (χ2v) is 5.93. The molecule has 1 fully saturated rings. The number of nitrogens with two attached hydrogens (primary N) is 1. The van der Waals surface area contributed by atoms with Crippen LogP contribution >= 0.6 is 11.3 Å². The van der Waals surface area contributed by atoms with E-state index in [1.54, 1.807) is 5.38 Å². The Labute approximate surface area is 125 Å². The summed E-state index contributed by atoms with van der Waals surface area (Å²) in [6, 6.07) is 0.997. The van der Waals surface area contributed by atoms with Crippen LogP contribution in [0.25, 0.3) is 0 Å². The standard InChI is InChI=1S/C13H17N3O4S/c14-10(17)7-1-3-8(4-2-7)15-13(20)16-11-9(12(18)19)5-6-21-11/h5-8H,1-4H2,(H2,14,17)(H,18,19)(H2,15,16,20). The van der Waals surface area contributed by atoms with Gasteiger partial charge in [-0.2, -0.15) is 0 Å². The molecule has 1 aromatic heterocycles. The Morgan fingerprint density at radius 3 is 2.48 bits per heavy atom. The smallest absolute Gasteiger partial charge is 0.338 e. The Morgan fingerprint density at radius 2 is 1.90 bits per heavy atom. The van der Waals surface area contributed by atoms with Crippen molar-refractivity contribution in [2.45, 2.75) is 31.7 Å². The lowest BCUT2D eigenvalue weighted by atomic mass is 9.86. The lowest BCUT2D eigenvalue weighted by Crippen LogP contribution is -2.41. The molecule has 2 rings (SSSR count). The maximum absolute atomic E-state index is 11.9. The molecule has 1 aliphatic rings. The van der Waals surface area contributed by atoms with E-state index in [-0.39, 0.29) is 23.4 Å². The fraction of sp³-hybridized carbons (Fsp3) is 0.462. The van der Waals surface area contributed by atoms with E-state index in [9.17, 15) is 14.4 Å². The monoisotopic (exact) mass is 311 g/mol. The molecule has 1 heterocycles. The minimum Gasteiger partial charge on any atom is -0.478 e. The second kappa shape index (κ2) is 6.57. The van der Waals surface area contributed by atoms with Crippen LogP contribution in [-0.4, -0.2) is 29.1 Å². The molecule has 5 N–H and O–H groups in total. The molecule has 114 valence electrons. The number of thiophene rings is 1. The molecule has 0 aromatic carbocycles. The number of carbonyl (C=O) groups excluding carboxylic acids is 2. The number of rotatable bonds is 4. The first-order chi connectivity index (χ1) is 9.97. The van der Waals surface area contributed by atoms with Crippen LogP contribution in [0.5, 0.6) is 0 Å². The molecule has 8 heteroatoms. The quantitative estimate of drug-likeness (QED) is 0.674. The van der Waals surface area contributed by atoms with Crippen LogP contribution in [0.1, 0.15) is 36.0 Å². The number of aromatic carboxylic acids is 1. The minimum absolute atomic E-state index is 0.0196. The summed E-state index contributed by atoms with van der Waals surface area (Å²) in [4.78, 5) is 33.9. The molecule has 0 unspecified atom stereocenters. The third-order valence-electron chi connectivity index (χ3n) is 3.59. The summed E-state index contributed by atoms with van der Waals surface area (Å²) in [5.41, 5.74) is 5.33. The highest BCUT2D eigenvalue weighted by Gasteiger charge is 2.25. The molecule has 7 nitrogen and oxygen atoms in total. The third kappa shape index (κ3) is 3.94. The minimum atomic E-state index is -1.08. The highest BCUT2D eigenvalue weighted by Crippen LogP contribution is 2.25. The predicted molar refractivity (Wildman–Crippen MR) is 78.4 cm³/mol. The van der Waals surface area contributed by atoms with Crippen LogP contribution in [-0.2, 0) is 4.79 Å². The fourth-order valence-corrected chi connectivity index (χ4v) is 3.20. The van der Waals surface area contributed by atoms with Crippen molar-refractivity contribution in [2.24, 2.45) is 11.7 Å². The van der Waals surface area contributed by atoms with E-state index in [1.165, 1.54) is 6.07 Å². The van der Waals surface area contributed by atoms with Gasteiger partial charge in [0.05, 0.1) is 5.56 Å². The zero-order valence-corrected chi connectivity index (χ0v) is 12.1. The maximum Gasteiger partial charge on any atom is 0.338 e. The van der Waals surface area contributed by atoms with Crippen molar-refractivity contribution < 1.29 is 19.5 Å². The maximum atomic E-state index is 11.9. The summed E-state index contributed by atoms with van der Waals surface area (Å²) >= 11 is 1.16. The van der Waals surface area contributed by atoms with E-state index in [4.69, 9.17) is 10.8 Å². The average Bonchev–Trinajstić information content (AvgIpc) is 2.87. The summed E-state index contributed by atoms with van der Waals surface area (Å²) in [5, 5.41) is 16.2. The molecule has 0 bridgehead atoms. The summed E-state index contributed by atoms with van der Waals surface area (Å²) < 4.78 is 0. The van der Waals surface area contributed by atoms with Crippen molar-refractivity contribution in [3.8, 4) is 0 Å². The largest absolute Gasteiger partial charge is 0.478 e. The van der Waals surface area contributed by atoms with Crippen molar-refractivity contribution in [3.05, 3.63) is 17.0 Å². The van der Waals surface area contributed by atoms with Crippen molar-refractivity contribution in [2.75, 3.05) is 5.32 Å². The van der Waals surface area contributed by atoms with E-state index in [2.05, 4.69) is 10.6 Å². The Morgan fingerprint density at radius 1 is 1.24 bits per heavy atom.